The average molecular weight is 421 g/mol. The molecule has 0 rings (SSSR count). The van der Waals surface area contributed by atoms with E-state index in [0.29, 0.717) is 12.8 Å². The molecule has 0 radical (unpaired) electrons. The maximum Gasteiger partial charge on any atom is 0.578 e. The van der Waals surface area contributed by atoms with E-state index in [9.17, 15) is 35.1 Å². The molecule has 0 saturated heterocycles. The number of carbonyl (C=O) groups excluding carboxylic acids is 1. The summed E-state index contributed by atoms with van der Waals surface area (Å²) in [5.41, 5.74) is -3.50. The summed E-state index contributed by atoms with van der Waals surface area (Å²) in [6, 6.07) is -2.30. The molecule has 0 heterocycles. The van der Waals surface area contributed by atoms with Crippen molar-refractivity contribution >= 4 is 6.29 Å². The molecule has 0 aromatic carbocycles. The number of nitro groups is 3. The number of aldehydes is 1. The van der Waals surface area contributed by atoms with Gasteiger partial charge in [-0.2, -0.15) is 0 Å². The predicted molar refractivity (Wildman–Crippen MR) is 113 cm³/mol. The molecule has 0 spiro atoms. The van der Waals surface area contributed by atoms with Crippen LogP contribution in [0, 0.1) is 30.3 Å². The molecule has 0 amide bonds. The van der Waals surface area contributed by atoms with Gasteiger partial charge in [0.2, 0.25) is 0 Å². The van der Waals surface area contributed by atoms with E-state index < -0.39 is 39.2 Å². The van der Waals surface area contributed by atoms with Gasteiger partial charge < -0.3 is 0 Å². The minimum Gasteiger partial charge on any atom is -0.287 e. The summed E-state index contributed by atoms with van der Waals surface area (Å²) in [4.78, 5) is 39.8. The van der Waals surface area contributed by atoms with Crippen LogP contribution in [0.1, 0.15) is 45.4 Å². The number of nitrogens with zero attached hydrogens (tertiary/aromatic N) is 3. The number of rotatable bonds is 16. The Kier molecular flexibility index (Phi) is 13.7. The Morgan fingerprint density at radius 1 is 0.700 bits per heavy atom. The van der Waals surface area contributed by atoms with Gasteiger partial charge >= 0.3 is 11.7 Å². The van der Waals surface area contributed by atoms with Crippen molar-refractivity contribution in [1.29, 1.82) is 0 Å². The standard InChI is InChI=1S/C20H27N3O7/c1-2-3-4-5-6-7-8-9-10-11-12-13-14-15-16-17-19(21(25)26)20(18-24,22(27)28)23(29)30/h3-4,6-7,9-10,12-13,15-16,18-19H,2,5,8,11,14,17H2,1H3/b4-3+,7-6+,10-9+,13-12+,16-15+. The van der Waals surface area contributed by atoms with Crippen molar-refractivity contribution in [2.45, 2.75) is 57.2 Å². The quantitative estimate of drug-likeness (QED) is 0.119. The summed E-state index contributed by atoms with van der Waals surface area (Å²) in [6.45, 7) is 2.08. The van der Waals surface area contributed by atoms with Gasteiger partial charge in [-0.25, -0.2) is 0 Å². The van der Waals surface area contributed by atoms with Gasteiger partial charge in [0.25, 0.3) is 6.29 Å². The van der Waals surface area contributed by atoms with E-state index in [0.717, 1.165) is 19.3 Å². The minimum atomic E-state index is -3.50. The van der Waals surface area contributed by atoms with Gasteiger partial charge in [0.1, 0.15) is 9.85 Å². The molecule has 0 N–H and O–H groups in total. The van der Waals surface area contributed by atoms with Crippen molar-refractivity contribution in [3.63, 3.8) is 0 Å². The zero-order chi connectivity index (χ0) is 22.8. The minimum absolute atomic E-state index is 0.396. The molecule has 10 heteroatoms. The lowest BCUT2D eigenvalue weighted by molar-refractivity contribution is -0.812. The van der Waals surface area contributed by atoms with E-state index in [1.54, 1.807) is 6.08 Å². The van der Waals surface area contributed by atoms with E-state index in [1.165, 1.54) is 12.2 Å². The first-order valence-corrected chi connectivity index (χ1v) is 9.48. The number of allylic oxidation sites excluding steroid dienone is 9. The number of hydrogen-bond acceptors (Lipinski definition) is 7. The predicted octanol–water partition coefficient (Wildman–Crippen LogP) is 4.22. The average Bonchev–Trinajstić information content (AvgIpc) is 2.69. The summed E-state index contributed by atoms with van der Waals surface area (Å²) < 4.78 is 0. The zero-order valence-electron chi connectivity index (χ0n) is 16.9. The van der Waals surface area contributed by atoms with E-state index in [4.69, 9.17) is 0 Å². The molecule has 0 fully saturated rings. The van der Waals surface area contributed by atoms with Crippen LogP contribution in [0.5, 0.6) is 0 Å². The molecule has 10 nitrogen and oxygen atoms in total. The van der Waals surface area contributed by atoms with E-state index in [1.807, 2.05) is 18.2 Å². The molecular weight excluding hydrogens is 394 g/mol. The van der Waals surface area contributed by atoms with Gasteiger partial charge in [-0.05, 0) is 32.1 Å². The van der Waals surface area contributed by atoms with Crippen LogP contribution in [0.15, 0.2) is 60.8 Å². The highest BCUT2D eigenvalue weighted by Gasteiger charge is 2.70. The van der Waals surface area contributed by atoms with Crippen LogP contribution in [0.25, 0.3) is 0 Å². The van der Waals surface area contributed by atoms with Gasteiger partial charge in [0.15, 0.2) is 0 Å². The van der Waals surface area contributed by atoms with Gasteiger partial charge in [-0.1, -0.05) is 67.7 Å². The fourth-order valence-electron chi connectivity index (χ4n) is 2.37. The van der Waals surface area contributed by atoms with Crippen molar-refractivity contribution in [2.75, 3.05) is 0 Å². The fraction of sp³-hybridized carbons (Fsp3) is 0.450. The van der Waals surface area contributed by atoms with Crippen molar-refractivity contribution < 1.29 is 19.6 Å². The van der Waals surface area contributed by atoms with Crippen LogP contribution in [0.2, 0.25) is 0 Å². The van der Waals surface area contributed by atoms with Crippen LogP contribution in [-0.2, 0) is 4.79 Å². The Labute approximate surface area is 174 Å². The first kappa shape index (κ1) is 26.6. The molecule has 0 saturated carbocycles. The van der Waals surface area contributed by atoms with Gasteiger partial charge in [-0.3, -0.25) is 35.1 Å². The highest BCUT2D eigenvalue weighted by molar-refractivity contribution is 5.60. The summed E-state index contributed by atoms with van der Waals surface area (Å²) in [7, 11) is 0. The molecule has 0 aliphatic carbocycles. The molecule has 0 aromatic heterocycles. The second-order valence-electron chi connectivity index (χ2n) is 6.16. The summed E-state index contributed by atoms with van der Waals surface area (Å²) in [5, 5.41) is 33.0. The Balaban J connectivity index is 4.48. The smallest absolute Gasteiger partial charge is 0.287 e. The zero-order valence-corrected chi connectivity index (χ0v) is 16.9. The van der Waals surface area contributed by atoms with Crippen LogP contribution in [-0.4, -0.2) is 32.8 Å². The fourth-order valence-corrected chi connectivity index (χ4v) is 2.37. The Bertz CT molecular complexity index is 710. The molecule has 0 aromatic rings. The summed E-state index contributed by atoms with van der Waals surface area (Å²) in [6.07, 6.45) is 21.5. The van der Waals surface area contributed by atoms with Crippen LogP contribution in [0.3, 0.4) is 0 Å². The summed E-state index contributed by atoms with van der Waals surface area (Å²) >= 11 is 0. The maximum absolute atomic E-state index is 11.1. The van der Waals surface area contributed by atoms with Crippen molar-refractivity contribution in [2.24, 2.45) is 0 Å². The van der Waals surface area contributed by atoms with Crippen LogP contribution >= 0.6 is 0 Å². The molecule has 1 unspecified atom stereocenters. The van der Waals surface area contributed by atoms with E-state index >= 15 is 0 Å². The molecule has 0 bridgehead atoms. The SMILES string of the molecule is CC/C=C/C/C=C/C/C=C/C/C=C/C/C=C/CC([N+](=O)[O-])C(C=O)([N+](=O)[O-])[N+](=O)[O-]. The highest BCUT2D eigenvalue weighted by atomic mass is 16.7. The molecule has 0 aliphatic heterocycles. The topological polar surface area (TPSA) is 146 Å². The van der Waals surface area contributed by atoms with Gasteiger partial charge in [0, 0.05) is 11.3 Å². The number of hydrogen-bond donors (Lipinski definition) is 0. The van der Waals surface area contributed by atoms with Crippen LogP contribution in [0.4, 0.5) is 0 Å². The Hall–Kier alpha value is -3.43. The molecule has 164 valence electrons. The lowest BCUT2D eigenvalue weighted by atomic mass is 10.00. The summed E-state index contributed by atoms with van der Waals surface area (Å²) in [5.74, 6) is 0. The van der Waals surface area contributed by atoms with E-state index in [-0.39, 0.29) is 0 Å². The lowest BCUT2D eigenvalue weighted by Gasteiger charge is -2.14. The normalized spacial score (nSPS) is 13.8. The van der Waals surface area contributed by atoms with Crippen molar-refractivity contribution in [1.82, 2.24) is 0 Å². The van der Waals surface area contributed by atoms with Gasteiger partial charge in [0.05, 0.1) is 0 Å². The third kappa shape index (κ3) is 9.18. The highest BCUT2D eigenvalue weighted by Crippen LogP contribution is 2.20. The molecular formula is C20H27N3O7. The van der Waals surface area contributed by atoms with Crippen LogP contribution < -0.4 is 0 Å². The monoisotopic (exact) mass is 421 g/mol. The second kappa shape index (κ2) is 15.5. The lowest BCUT2D eigenvalue weighted by Crippen LogP contribution is -2.59. The third-order valence-electron chi connectivity index (χ3n) is 4.02. The van der Waals surface area contributed by atoms with E-state index in [2.05, 4.69) is 31.2 Å². The first-order valence-electron chi connectivity index (χ1n) is 9.48. The molecule has 0 aliphatic rings. The maximum atomic E-state index is 11.1. The number of carbonyl (C=O) groups is 1. The second-order valence-corrected chi connectivity index (χ2v) is 6.16. The Morgan fingerprint density at radius 3 is 1.37 bits per heavy atom. The largest absolute Gasteiger partial charge is 0.578 e. The molecule has 1 atom stereocenters. The van der Waals surface area contributed by atoms with Crippen molar-refractivity contribution in [3.8, 4) is 0 Å². The van der Waals surface area contributed by atoms with Gasteiger partial charge in [-0.15, -0.1) is 0 Å². The van der Waals surface area contributed by atoms with Crippen molar-refractivity contribution in [3.05, 3.63) is 91.1 Å². The third-order valence-corrected chi connectivity index (χ3v) is 4.02. The first-order chi connectivity index (χ1) is 14.3. The molecule has 30 heavy (non-hydrogen) atoms. The Morgan fingerprint density at radius 2 is 1.07 bits per heavy atom.